The van der Waals surface area contributed by atoms with E-state index in [-0.39, 0.29) is 18.5 Å². The molecule has 1 aliphatic heterocycles. The zero-order valence-corrected chi connectivity index (χ0v) is 10.3. The van der Waals surface area contributed by atoms with Gasteiger partial charge in [-0.05, 0) is 19.9 Å². The van der Waals surface area contributed by atoms with Crippen LogP contribution >= 0.6 is 0 Å². The third kappa shape index (κ3) is 4.70. The quantitative estimate of drug-likeness (QED) is 0.567. The fraction of sp³-hybridized carbons (Fsp3) is 0.818. The Labute approximate surface area is 101 Å². The number of nitrogens with two attached hydrogens (primary N) is 1. The van der Waals surface area contributed by atoms with Crippen LogP contribution in [0.1, 0.15) is 19.8 Å². The largest absolute Gasteiger partial charge is 0.381 e. The molecule has 0 aliphatic carbocycles. The molecule has 0 radical (unpaired) electrons. The molecule has 6 nitrogen and oxygen atoms in total. The molecule has 1 fully saturated rings. The Kier molecular flexibility index (Phi) is 5.93. The average Bonchev–Trinajstić information content (AvgIpc) is 2.79. The van der Waals surface area contributed by atoms with Crippen molar-refractivity contribution in [3.8, 4) is 0 Å². The number of nitrogens with one attached hydrogen (secondary N) is 1. The minimum Gasteiger partial charge on any atom is -0.381 e. The minimum absolute atomic E-state index is 0.00267. The van der Waals surface area contributed by atoms with E-state index in [0.29, 0.717) is 19.6 Å². The first-order chi connectivity index (χ1) is 8.15. The fourth-order valence-electron chi connectivity index (χ4n) is 1.94. The molecule has 0 aromatic carbocycles. The molecule has 1 heterocycles. The van der Waals surface area contributed by atoms with Crippen LogP contribution in [0, 0.1) is 0 Å². The van der Waals surface area contributed by atoms with E-state index in [1.807, 2.05) is 6.92 Å². The smallest absolute Gasteiger partial charge is 0.237 e. The van der Waals surface area contributed by atoms with E-state index in [1.54, 1.807) is 4.90 Å². The third-order valence-corrected chi connectivity index (χ3v) is 2.79. The predicted octanol–water partition coefficient (Wildman–Crippen LogP) is -0.911. The molecule has 1 rings (SSSR count). The Bertz CT molecular complexity index is 265. The Hall–Kier alpha value is -1.14. The summed E-state index contributed by atoms with van der Waals surface area (Å²) in [5, 5.41) is 3.17. The molecule has 0 aromatic heterocycles. The first-order valence-electron chi connectivity index (χ1n) is 6.01. The van der Waals surface area contributed by atoms with E-state index in [2.05, 4.69) is 5.32 Å². The van der Waals surface area contributed by atoms with Crippen LogP contribution in [-0.4, -0.2) is 55.6 Å². The van der Waals surface area contributed by atoms with Gasteiger partial charge in [0.15, 0.2) is 0 Å². The van der Waals surface area contributed by atoms with E-state index in [0.717, 1.165) is 19.5 Å². The van der Waals surface area contributed by atoms with Crippen molar-refractivity contribution in [2.75, 3.05) is 32.8 Å². The molecule has 6 heteroatoms. The highest BCUT2D eigenvalue weighted by atomic mass is 16.5. The highest BCUT2D eigenvalue weighted by Gasteiger charge is 2.27. The number of carbonyl (C=O) groups excluding carboxylic acids is 2. The van der Waals surface area contributed by atoms with E-state index >= 15 is 0 Å². The zero-order valence-electron chi connectivity index (χ0n) is 10.3. The van der Waals surface area contributed by atoms with Gasteiger partial charge in [0.2, 0.25) is 11.8 Å². The first kappa shape index (κ1) is 13.9. The molecule has 0 spiro atoms. The SMILES string of the molecule is CCOCCC(=O)N(CC(N)=O)C1CCNC1. The van der Waals surface area contributed by atoms with Crippen molar-refractivity contribution in [1.29, 1.82) is 0 Å². The molecule has 1 atom stereocenters. The van der Waals surface area contributed by atoms with Gasteiger partial charge in [-0.25, -0.2) is 0 Å². The van der Waals surface area contributed by atoms with Crippen molar-refractivity contribution >= 4 is 11.8 Å². The van der Waals surface area contributed by atoms with Crippen LogP contribution in [0.25, 0.3) is 0 Å². The molecule has 98 valence electrons. The second-order valence-corrected chi connectivity index (χ2v) is 4.08. The van der Waals surface area contributed by atoms with Gasteiger partial charge in [0.25, 0.3) is 0 Å². The maximum atomic E-state index is 12.0. The number of amides is 2. The summed E-state index contributed by atoms with van der Waals surface area (Å²) in [6, 6.07) is 0.0802. The summed E-state index contributed by atoms with van der Waals surface area (Å²) in [6.45, 7) is 4.47. The standard InChI is InChI=1S/C11H21N3O3/c1-2-17-6-4-11(16)14(8-10(12)15)9-3-5-13-7-9/h9,13H,2-8H2,1H3,(H2,12,15). The Morgan fingerprint density at radius 2 is 2.29 bits per heavy atom. The first-order valence-corrected chi connectivity index (χ1v) is 6.01. The number of hydrogen-bond donors (Lipinski definition) is 2. The van der Waals surface area contributed by atoms with Crippen LogP contribution < -0.4 is 11.1 Å². The maximum absolute atomic E-state index is 12.0. The number of carbonyl (C=O) groups is 2. The Morgan fingerprint density at radius 1 is 1.53 bits per heavy atom. The average molecular weight is 243 g/mol. The summed E-state index contributed by atoms with van der Waals surface area (Å²) in [6.07, 6.45) is 1.17. The monoisotopic (exact) mass is 243 g/mol. The molecule has 2 amide bonds. The molecule has 1 unspecified atom stereocenters. The normalized spacial score (nSPS) is 19.2. The summed E-state index contributed by atoms with van der Waals surface area (Å²) in [5.74, 6) is -0.535. The van der Waals surface area contributed by atoms with Crippen LogP contribution in [0.15, 0.2) is 0 Å². The molecule has 0 bridgehead atoms. The summed E-state index contributed by atoms with van der Waals surface area (Å²) in [7, 11) is 0. The van der Waals surface area contributed by atoms with E-state index in [9.17, 15) is 9.59 Å². The zero-order chi connectivity index (χ0) is 12.7. The van der Waals surface area contributed by atoms with E-state index in [4.69, 9.17) is 10.5 Å². The number of primary amides is 1. The molecule has 1 aliphatic rings. The third-order valence-electron chi connectivity index (χ3n) is 2.79. The van der Waals surface area contributed by atoms with Gasteiger partial charge in [0, 0.05) is 19.2 Å². The van der Waals surface area contributed by atoms with Crippen molar-refractivity contribution < 1.29 is 14.3 Å². The van der Waals surface area contributed by atoms with Crippen LogP contribution in [-0.2, 0) is 14.3 Å². The van der Waals surface area contributed by atoms with Crippen LogP contribution in [0.4, 0.5) is 0 Å². The van der Waals surface area contributed by atoms with Gasteiger partial charge in [-0.2, -0.15) is 0 Å². The fourth-order valence-corrected chi connectivity index (χ4v) is 1.94. The van der Waals surface area contributed by atoms with Gasteiger partial charge in [0.1, 0.15) is 0 Å². The van der Waals surface area contributed by atoms with Crippen LogP contribution in [0.2, 0.25) is 0 Å². The predicted molar refractivity (Wildman–Crippen MR) is 63.3 cm³/mol. The molecular weight excluding hydrogens is 222 g/mol. The Balaban J connectivity index is 2.48. The number of ether oxygens (including phenoxy) is 1. The molecular formula is C11H21N3O3. The molecule has 3 N–H and O–H groups in total. The van der Waals surface area contributed by atoms with Gasteiger partial charge in [-0.15, -0.1) is 0 Å². The van der Waals surface area contributed by atoms with E-state index < -0.39 is 5.91 Å². The van der Waals surface area contributed by atoms with E-state index in [1.165, 1.54) is 0 Å². The second kappa shape index (κ2) is 7.24. The lowest BCUT2D eigenvalue weighted by Crippen LogP contribution is -2.46. The van der Waals surface area contributed by atoms with Crippen molar-refractivity contribution in [3.05, 3.63) is 0 Å². The number of hydrogen-bond acceptors (Lipinski definition) is 4. The summed E-state index contributed by atoms with van der Waals surface area (Å²) in [5.41, 5.74) is 5.17. The summed E-state index contributed by atoms with van der Waals surface area (Å²) in [4.78, 5) is 24.5. The number of rotatable bonds is 7. The van der Waals surface area contributed by atoms with Gasteiger partial charge in [-0.3, -0.25) is 9.59 Å². The molecule has 0 aromatic rings. The topological polar surface area (TPSA) is 84.7 Å². The molecule has 1 saturated heterocycles. The van der Waals surface area contributed by atoms with Gasteiger partial charge < -0.3 is 20.7 Å². The van der Waals surface area contributed by atoms with Gasteiger partial charge in [-0.1, -0.05) is 0 Å². The van der Waals surface area contributed by atoms with Crippen molar-refractivity contribution in [3.63, 3.8) is 0 Å². The number of nitrogens with zero attached hydrogens (tertiary/aromatic N) is 1. The summed E-state index contributed by atoms with van der Waals surface area (Å²) < 4.78 is 5.14. The highest BCUT2D eigenvalue weighted by molar-refractivity contribution is 5.84. The lowest BCUT2D eigenvalue weighted by Gasteiger charge is -2.27. The Morgan fingerprint density at radius 3 is 2.82 bits per heavy atom. The molecule has 17 heavy (non-hydrogen) atoms. The van der Waals surface area contributed by atoms with Crippen molar-refractivity contribution in [1.82, 2.24) is 10.2 Å². The lowest BCUT2D eigenvalue weighted by molar-refractivity contribution is -0.138. The van der Waals surface area contributed by atoms with Crippen LogP contribution in [0.3, 0.4) is 0 Å². The van der Waals surface area contributed by atoms with Crippen molar-refractivity contribution in [2.24, 2.45) is 5.73 Å². The summed E-state index contributed by atoms with van der Waals surface area (Å²) >= 11 is 0. The highest BCUT2D eigenvalue weighted by Crippen LogP contribution is 2.10. The molecule has 0 saturated carbocycles. The minimum atomic E-state index is -0.471. The second-order valence-electron chi connectivity index (χ2n) is 4.08. The van der Waals surface area contributed by atoms with Gasteiger partial charge in [0.05, 0.1) is 19.6 Å². The maximum Gasteiger partial charge on any atom is 0.237 e. The van der Waals surface area contributed by atoms with Crippen molar-refractivity contribution in [2.45, 2.75) is 25.8 Å². The van der Waals surface area contributed by atoms with Gasteiger partial charge >= 0.3 is 0 Å². The van der Waals surface area contributed by atoms with Crippen LogP contribution in [0.5, 0.6) is 0 Å². The lowest BCUT2D eigenvalue weighted by atomic mass is 10.2.